The number of anilines is 2. The molecule has 62 heavy (non-hydrogen) atoms. The van der Waals surface area contributed by atoms with Gasteiger partial charge in [0.1, 0.15) is 31.8 Å². The molecule has 0 unspecified atom stereocenters. The number of azo groups is 3. The number of allylic oxidation sites excluding steroid dienone is 2. The lowest BCUT2D eigenvalue weighted by Crippen LogP contribution is -2.05. The van der Waals surface area contributed by atoms with Crippen molar-refractivity contribution in [2.75, 3.05) is 18.2 Å². The van der Waals surface area contributed by atoms with Crippen molar-refractivity contribution in [3.63, 3.8) is 0 Å². The normalized spacial score (nSPS) is 13.0. The van der Waals surface area contributed by atoms with Gasteiger partial charge in [-0.1, -0.05) is 6.08 Å². The van der Waals surface area contributed by atoms with Gasteiger partial charge in [0, 0.05) is 23.0 Å². The van der Waals surface area contributed by atoms with E-state index in [1.807, 2.05) is 0 Å². The van der Waals surface area contributed by atoms with Gasteiger partial charge in [0.05, 0.1) is 35.5 Å². The number of ether oxygens (including phenoxy) is 1. The molecule has 19 nitrogen and oxygen atoms in total. The van der Waals surface area contributed by atoms with E-state index in [-0.39, 0.29) is 34.1 Å². The van der Waals surface area contributed by atoms with Gasteiger partial charge in [-0.15, -0.1) is 10.2 Å². The van der Waals surface area contributed by atoms with E-state index < -0.39 is 56.5 Å². The third-order valence-corrected chi connectivity index (χ3v) is 11.7. The van der Waals surface area contributed by atoms with Crippen LogP contribution in [0.3, 0.4) is 0 Å². The number of phenolic OH excluding ortho intramolecular Hbond substituents is 1. The number of hydrogen-bond donors (Lipinski definition) is 6. The first kappa shape index (κ1) is 46.4. The van der Waals surface area contributed by atoms with Crippen LogP contribution in [-0.4, -0.2) is 51.1 Å². The Morgan fingerprint density at radius 2 is 1.10 bits per heavy atom. The number of nitrogens with one attached hydrogen (secondary N) is 1. The number of hydrogen-bond acceptors (Lipinski definition) is 16. The SMILES string of the molecule is C/C=C(\C=C/c1ccc(S(=O)(=O)O)c(N=Nc2cc(C)c(N=Nc3cc(C)c(N=Nc4ccc(OC)cc4S(=O)(=O)O)cc3C)cc2C)c1O)Nc1ccc(N)c(S(=O)(=O)O)c1. The van der Waals surface area contributed by atoms with Crippen molar-refractivity contribution in [1.29, 1.82) is 0 Å². The van der Waals surface area contributed by atoms with Gasteiger partial charge >= 0.3 is 0 Å². The monoisotopic (exact) mass is 904 g/mol. The molecule has 0 saturated carbocycles. The number of rotatable bonds is 14. The average molecular weight is 905 g/mol. The summed E-state index contributed by atoms with van der Waals surface area (Å²) in [5.74, 6) is -0.418. The molecule has 0 aliphatic heterocycles. The first-order chi connectivity index (χ1) is 29.0. The Bertz CT molecular complexity index is 3090. The number of phenols is 1. The third kappa shape index (κ3) is 11.2. The largest absolute Gasteiger partial charge is 0.505 e. The van der Waals surface area contributed by atoms with Crippen LogP contribution in [-0.2, 0) is 30.4 Å². The molecule has 0 heterocycles. The highest BCUT2D eigenvalue weighted by atomic mass is 32.2. The lowest BCUT2D eigenvalue weighted by molar-refractivity contribution is 0.412. The number of aryl methyl sites for hydroxylation is 4. The summed E-state index contributed by atoms with van der Waals surface area (Å²) in [7, 11) is -12.8. The summed E-state index contributed by atoms with van der Waals surface area (Å²) in [6, 6.07) is 16.9. The lowest BCUT2D eigenvalue weighted by atomic mass is 10.1. The molecular weight excluding hydrogens is 865 g/mol. The fourth-order valence-corrected chi connectivity index (χ4v) is 7.54. The molecule has 5 aromatic rings. The Balaban J connectivity index is 1.39. The summed E-state index contributed by atoms with van der Waals surface area (Å²) in [6.45, 7) is 8.63. The highest BCUT2D eigenvalue weighted by Gasteiger charge is 2.22. The van der Waals surface area contributed by atoms with Gasteiger partial charge in [-0.2, -0.15) is 45.7 Å². The van der Waals surface area contributed by atoms with Crippen LogP contribution < -0.4 is 15.8 Å². The van der Waals surface area contributed by atoms with E-state index in [0.717, 1.165) is 18.2 Å². The van der Waals surface area contributed by atoms with E-state index in [4.69, 9.17) is 10.5 Å². The van der Waals surface area contributed by atoms with Crippen molar-refractivity contribution in [2.45, 2.75) is 49.3 Å². The minimum atomic E-state index is -4.88. The predicted octanol–water partition coefficient (Wildman–Crippen LogP) is 10.2. The van der Waals surface area contributed by atoms with Gasteiger partial charge in [0.15, 0.2) is 5.75 Å². The van der Waals surface area contributed by atoms with Crippen LogP contribution in [0.2, 0.25) is 0 Å². The second kappa shape index (κ2) is 18.5. The number of methoxy groups -OCH3 is 1. The van der Waals surface area contributed by atoms with E-state index in [1.165, 1.54) is 49.6 Å². The van der Waals surface area contributed by atoms with Crippen molar-refractivity contribution >= 4 is 81.9 Å². The first-order valence-corrected chi connectivity index (χ1v) is 22.3. The van der Waals surface area contributed by atoms with E-state index in [9.17, 15) is 44.0 Å². The molecule has 0 aliphatic rings. The molecule has 5 aromatic carbocycles. The third-order valence-electron chi connectivity index (χ3n) is 9.02. The zero-order valence-electron chi connectivity index (χ0n) is 33.8. The molecule has 0 radical (unpaired) electrons. The second-order valence-corrected chi connectivity index (χ2v) is 17.7. The summed E-state index contributed by atoms with van der Waals surface area (Å²) in [5.41, 5.74) is 9.75. The molecular formula is C40H40N8O11S3. The van der Waals surface area contributed by atoms with Crippen molar-refractivity contribution in [3.05, 3.63) is 118 Å². The van der Waals surface area contributed by atoms with Crippen LogP contribution in [0.15, 0.2) is 136 Å². The minimum Gasteiger partial charge on any atom is -0.505 e. The number of nitrogen functional groups attached to an aromatic ring is 1. The molecule has 7 N–H and O–H groups in total. The molecule has 0 atom stereocenters. The number of benzene rings is 5. The average Bonchev–Trinajstić information content (AvgIpc) is 3.19. The van der Waals surface area contributed by atoms with Crippen molar-refractivity contribution in [2.24, 2.45) is 30.7 Å². The Hall–Kier alpha value is -6.69. The van der Waals surface area contributed by atoms with Crippen molar-refractivity contribution in [3.8, 4) is 11.5 Å². The smallest absolute Gasteiger partial charge is 0.296 e. The molecule has 324 valence electrons. The van der Waals surface area contributed by atoms with Crippen LogP contribution >= 0.6 is 0 Å². The standard InChI is InChI=1S/C40H40N8O11S3/c1-7-27(42-28-11-13-30(41)37(20-28)61(53,54)55)10-8-26-9-15-36(60(50,51)52)39(40(26)49)48-47-35-19-24(4)34(18-25(35)5)46-45-33-17-22(2)32(16-23(33)3)44-43-31-14-12-29(59-6)21-38(31)62(56,57)58/h7-21,42,49H,41H2,1-6H3,(H,50,51,52)(H,53,54,55)(H,56,57,58)/b10-8-,27-7+,44-43?,46-45?,48-47?. The van der Waals surface area contributed by atoms with Crippen LogP contribution in [0, 0.1) is 27.7 Å². The first-order valence-electron chi connectivity index (χ1n) is 17.9. The van der Waals surface area contributed by atoms with Gasteiger partial charge in [0.2, 0.25) is 0 Å². The zero-order valence-corrected chi connectivity index (χ0v) is 36.2. The Kier molecular flexibility index (Phi) is 13.8. The van der Waals surface area contributed by atoms with Crippen LogP contribution in [0.4, 0.5) is 45.5 Å². The van der Waals surface area contributed by atoms with Gasteiger partial charge in [-0.3, -0.25) is 13.7 Å². The molecule has 0 bridgehead atoms. The maximum absolute atomic E-state index is 12.3. The molecule has 0 fully saturated rings. The Labute approximate surface area is 357 Å². The summed E-state index contributed by atoms with van der Waals surface area (Å²) >= 11 is 0. The zero-order chi connectivity index (χ0) is 45.7. The van der Waals surface area contributed by atoms with Crippen LogP contribution in [0.1, 0.15) is 34.7 Å². The second-order valence-electron chi connectivity index (χ2n) is 13.5. The Morgan fingerprint density at radius 3 is 1.56 bits per heavy atom. The molecule has 5 rings (SSSR count). The van der Waals surface area contributed by atoms with E-state index in [0.29, 0.717) is 45.0 Å². The van der Waals surface area contributed by atoms with Crippen LogP contribution in [0.5, 0.6) is 11.5 Å². The number of nitrogens with zero attached hydrogens (tertiary/aromatic N) is 6. The van der Waals surface area contributed by atoms with E-state index in [1.54, 1.807) is 65.0 Å². The summed E-state index contributed by atoms with van der Waals surface area (Å²) in [4.78, 5) is -1.67. The number of nitrogens with two attached hydrogens (primary N) is 1. The molecule has 0 aromatic heterocycles. The number of aromatic hydroxyl groups is 1. The highest BCUT2D eigenvalue weighted by Crippen LogP contribution is 2.40. The molecule has 0 saturated heterocycles. The van der Waals surface area contributed by atoms with Gasteiger partial charge in [-0.05, 0) is 136 Å². The quantitative estimate of drug-likeness (QED) is 0.0262. The van der Waals surface area contributed by atoms with Gasteiger partial charge in [-0.25, -0.2) is 0 Å². The molecule has 0 aliphatic carbocycles. The van der Waals surface area contributed by atoms with E-state index >= 15 is 0 Å². The van der Waals surface area contributed by atoms with Gasteiger partial charge < -0.3 is 20.9 Å². The molecule has 0 spiro atoms. The molecule has 22 heteroatoms. The van der Waals surface area contributed by atoms with Gasteiger partial charge in [0.25, 0.3) is 30.4 Å². The van der Waals surface area contributed by atoms with Crippen LogP contribution in [0.25, 0.3) is 6.08 Å². The maximum Gasteiger partial charge on any atom is 0.296 e. The minimum absolute atomic E-state index is 0.0808. The maximum atomic E-state index is 12.3. The van der Waals surface area contributed by atoms with Crippen molar-refractivity contribution in [1.82, 2.24) is 0 Å². The van der Waals surface area contributed by atoms with E-state index in [2.05, 4.69) is 36.0 Å². The summed E-state index contributed by atoms with van der Waals surface area (Å²) in [6.07, 6.45) is 4.51. The highest BCUT2D eigenvalue weighted by molar-refractivity contribution is 7.86. The summed E-state index contributed by atoms with van der Waals surface area (Å²) < 4.78 is 106. The van der Waals surface area contributed by atoms with Crippen molar-refractivity contribution < 1.29 is 48.8 Å². The summed E-state index contributed by atoms with van der Waals surface area (Å²) in [5, 5.41) is 39.4. The predicted molar refractivity (Wildman–Crippen MR) is 232 cm³/mol. The fraction of sp³-hybridized carbons (Fsp3) is 0.150. The lowest BCUT2D eigenvalue weighted by Gasteiger charge is -2.11. The fourth-order valence-electron chi connectivity index (χ4n) is 5.64. The Morgan fingerprint density at radius 1 is 0.613 bits per heavy atom. The molecule has 0 amide bonds. The topological polar surface area (TPSA) is 305 Å².